The molecule has 0 aliphatic heterocycles. The number of anilines is 1. The summed E-state index contributed by atoms with van der Waals surface area (Å²) in [5.74, 6) is 0.0239. The minimum absolute atomic E-state index is 0.0239. The number of benzene rings is 2. The van der Waals surface area contributed by atoms with Gasteiger partial charge in [-0.05, 0) is 43.2 Å². The molecule has 0 atom stereocenters. The Hall–Kier alpha value is -2.62. The maximum atomic E-state index is 12.7. The molecule has 4 nitrogen and oxygen atoms in total. The van der Waals surface area contributed by atoms with Crippen LogP contribution in [0.4, 0.5) is 5.69 Å². The molecule has 23 heavy (non-hydrogen) atoms. The Kier molecular flexibility index (Phi) is 4.42. The Balaban J connectivity index is 1.82. The Morgan fingerprint density at radius 2 is 1.83 bits per heavy atom. The summed E-state index contributed by atoms with van der Waals surface area (Å²) >= 11 is 0. The molecule has 0 saturated carbocycles. The summed E-state index contributed by atoms with van der Waals surface area (Å²) in [6.45, 7) is 4.72. The fraction of sp³-hybridized carbons (Fsp3) is 0.263. The molecule has 0 saturated heterocycles. The van der Waals surface area contributed by atoms with Gasteiger partial charge in [0.1, 0.15) is 5.69 Å². The molecule has 1 heterocycles. The van der Waals surface area contributed by atoms with E-state index in [1.807, 2.05) is 43.3 Å². The van der Waals surface area contributed by atoms with Crippen LogP contribution in [-0.4, -0.2) is 17.6 Å². The summed E-state index contributed by atoms with van der Waals surface area (Å²) in [7, 11) is 0. The zero-order valence-corrected chi connectivity index (χ0v) is 13.5. The first-order valence-electron chi connectivity index (χ1n) is 7.95. The number of likely N-dealkylation sites (N-methyl/N-ethyl adjacent to an activating group) is 1. The van der Waals surface area contributed by atoms with Gasteiger partial charge in [0.05, 0.1) is 6.42 Å². The molecule has 0 N–H and O–H groups in total. The van der Waals surface area contributed by atoms with E-state index in [1.54, 1.807) is 4.90 Å². The number of nitrogens with zero attached hydrogens (tertiary/aromatic N) is 2. The van der Waals surface area contributed by atoms with Crippen LogP contribution in [0.25, 0.3) is 11.0 Å². The normalized spacial score (nSPS) is 10.9. The van der Waals surface area contributed by atoms with Crippen LogP contribution in [-0.2, 0) is 17.6 Å². The highest BCUT2D eigenvalue weighted by atomic mass is 16.5. The number of para-hydroxylation sites is 1. The molecule has 1 aromatic heterocycles. The molecule has 118 valence electrons. The minimum Gasteiger partial charge on any atom is -0.356 e. The standard InChI is InChI=1S/C19H20N2O2/c1-3-14-9-11-15(12-10-14)21(4-2)19(22)13-17-16-7-5-6-8-18(16)23-20-17/h5-12H,3-4,13H2,1-2H3. The van der Waals surface area contributed by atoms with Gasteiger partial charge in [0.15, 0.2) is 5.58 Å². The number of fused-ring (bicyclic) bond motifs is 1. The summed E-state index contributed by atoms with van der Waals surface area (Å²) in [5.41, 5.74) is 3.59. The average molecular weight is 308 g/mol. The minimum atomic E-state index is 0.0239. The fourth-order valence-corrected chi connectivity index (χ4v) is 2.72. The van der Waals surface area contributed by atoms with Crippen molar-refractivity contribution in [2.45, 2.75) is 26.7 Å². The van der Waals surface area contributed by atoms with E-state index in [9.17, 15) is 4.79 Å². The summed E-state index contributed by atoms with van der Waals surface area (Å²) in [4.78, 5) is 14.5. The van der Waals surface area contributed by atoms with E-state index in [1.165, 1.54) is 5.56 Å². The van der Waals surface area contributed by atoms with Crippen LogP contribution in [0.15, 0.2) is 53.1 Å². The predicted molar refractivity (Wildman–Crippen MR) is 91.6 cm³/mol. The van der Waals surface area contributed by atoms with Crippen molar-refractivity contribution in [3.05, 3.63) is 59.8 Å². The number of hydrogen-bond donors (Lipinski definition) is 0. The van der Waals surface area contributed by atoms with Crippen LogP contribution >= 0.6 is 0 Å². The molecule has 3 aromatic rings. The number of amides is 1. The molecule has 2 aromatic carbocycles. The van der Waals surface area contributed by atoms with Crippen molar-refractivity contribution in [2.24, 2.45) is 0 Å². The molecule has 0 bridgehead atoms. The van der Waals surface area contributed by atoms with Gasteiger partial charge in [-0.2, -0.15) is 0 Å². The molecule has 0 radical (unpaired) electrons. The number of rotatable bonds is 5. The smallest absolute Gasteiger partial charge is 0.233 e. The molecule has 0 unspecified atom stereocenters. The molecule has 0 aliphatic rings. The van der Waals surface area contributed by atoms with Crippen LogP contribution in [0.3, 0.4) is 0 Å². The van der Waals surface area contributed by atoms with Gasteiger partial charge in [-0.15, -0.1) is 0 Å². The largest absolute Gasteiger partial charge is 0.356 e. The highest BCUT2D eigenvalue weighted by molar-refractivity contribution is 5.96. The Bertz CT molecular complexity index is 806. The first-order chi connectivity index (χ1) is 11.2. The predicted octanol–water partition coefficient (Wildman–Crippen LogP) is 3.99. The van der Waals surface area contributed by atoms with Gasteiger partial charge in [-0.1, -0.05) is 36.3 Å². The topological polar surface area (TPSA) is 46.3 Å². The molecule has 1 amide bonds. The Labute approximate surface area is 135 Å². The number of carbonyl (C=O) groups excluding carboxylic acids is 1. The number of aromatic nitrogens is 1. The maximum absolute atomic E-state index is 12.7. The van der Waals surface area contributed by atoms with Gasteiger partial charge in [0, 0.05) is 17.6 Å². The SMILES string of the molecule is CCc1ccc(N(CC)C(=O)Cc2noc3ccccc23)cc1. The molecular weight excluding hydrogens is 288 g/mol. The summed E-state index contributed by atoms with van der Waals surface area (Å²) in [6, 6.07) is 15.7. The monoisotopic (exact) mass is 308 g/mol. The van der Waals surface area contributed by atoms with E-state index in [-0.39, 0.29) is 12.3 Å². The first kappa shape index (κ1) is 15.3. The van der Waals surface area contributed by atoms with Crippen molar-refractivity contribution >= 4 is 22.6 Å². The highest BCUT2D eigenvalue weighted by Crippen LogP contribution is 2.21. The molecular formula is C19H20N2O2. The van der Waals surface area contributed by atoms with E-state index >= 15 is 0 Å². The number of hydrogen-bond acceptors (Lipinski definition) is 3. The second kappa shape index (κ2) is 6.65. The summed E-state index contributed by atoms with van der Waals surface area (Å²) < 4.78 is 5.28. The van der Waals surface area contributed by atoms with Gasteiger partial charge in [-0.3, -0.25) is 4.79 Å². The van der Waals surface area contributed by atoms with Crippen LogP contribution in [0.1, 0.15) is 25.1 Å². The fourth-order valence-electron chi connectivity index (χ4n) is 2.72. The maximum Gasteiger partial charge on any atom is 0.233 e. The molecule has 0 aliphatic carbocycles. The number of carbonyl (C=O) groups is 1. The van der Waals surface area contributed by atoms with Crippen molar-refractivity contribution < 1.29 is 9.32 Å². The lowest BCUT2D eigenvalue weighted by molar-refractivity contribution is -0.118. The molecule has 0 fully saturated rings. The lowest BCUT2D eigenvalue weighted by Gasteiger charge is -2.21. The Morgan fingerprint density at radius 3 is 2.52 bits per heavy atom. The van der Waals surface area contributed by atoms with Crippen molar-refractivity contribution in [2.75, 3.05) is 11.4 Å². The summed E-state index contributed by atoms with van der Waals surface area (Å²) in [6.07, 6.45) is 1.23. The van der Waals surface area contributed by atoms with Crippen molar-refractivity contribution in [1.29, 1.82) is 0 Å². The summed E-state index contributed by atoms with van der Waals surface area (Å²) in [5, 5.41) is 4.95. The van der Waals surface area contributed by atoms with Gasteiger partial charge in [-0.25, -0.2) is 0 Å². The van der Waals surface area contributed by atoms with Gasteiger partial charge in [0.25, 0.3) is 0 Å². The third-order valence-corrected chi connectivity index (χ3v) is 4.04. The van der Waals surface area contributed by atoms with Crippen LogP contribution in [0.2, 0.25) is 0 Å². The molecule has 0 spiro atoms. The van der Waals surface area contributed by atoms with E-state index in [0.717, 1.165) is 17.5 Å². The highest BCUT2D eigenvalue weighted by Gasteiger charge is 2.18. The van der Waals surface area contributed by atoms with E-state index < -0.39 is 0 Å². The lowest BCUT2D eigenvalue weighted by Crippen LogP contribution is -2.32. The molecule has 3 rings (SSSR count). The van der Waals surface area contributed by atoms with Gasteiger partial charge < -0.3 is 9.42 Å². The van der Waals surface area contributed by atoms with Crippen molar-refractivity contribution in [3.63, 3.8) is 0 Å². The van der Waals surface area contributed by atoms with E-state index in [2.05, 4.69) is 24.2 Å². The molecule has 4 heteroatoms. The zero-order chi connectivity index (χ0) is 16.2. The number of aryl methyl sites for hydroxylation is 1. The lowest BCUT2D eigenvalue weighted by atomic mass is 10.1. The third kappa shape index (κ3) is 3.11. The van der Waals surface area contributed by atoms with Crippen LogP contribution in [0, 0.1) is 0 Å². The second-order valence-electron chi connectivity index (χ2n) is 5.46. The van der Waals surface area contributed by atoms with Crippen molar-refractivity contribution in [1.82, 2.24) is 5.16 Å². The average Bonchev–Trinajstić information content (AvgIpc) is 2.99. The van der Waals surface area contributed by atoms with Crippen LogP contribution in [0.5, 0.6) is 0 Å². The second-order valence-corrected chi connectivity index (χ2v) is 5.46. The van der Waals surface area contributed by atoms with E-state index in [4.69, 9.17) is 4.52 Å². The van der Waals surface area contributed by atoms with Crippen LogP contribution < -0.4 is 4.90 Å². The Morgan fingerprint density at radius 1 is 1.09 bits per heavy atom. The van der Waals surface area contributed by atoms with E-state index in [0.29, 0.717) is 17.8 Å². The van der Waals surface area contributed by atoms with Crippen molar-refractivity contribution in [3.8, 4) is 0 Å². The first-order valence-corrected chi connectivity index (χ1v) is 7.95. The quantitative estimate of drug-likeness (QED) is 0.716. The van der Waals surface area contributed by atoms with Gasteiger partial charge in [0.2, 0.25) is 5.91 Å². The third-order valence-electron chi connectivity index (χ3n) is 4.04. The zero-order valence-electron chi connectivity index (χ0n) is 13.5. The van der Waals surface area contributed by atoms with Gasteiger partial charge >= 0.3 is 0 Å².